The van der Waals surface area contributed by atoms with Crippen LogP contribution in [0, 0.1) is 0 Å². The molecule has 23 heavy (non-hydrogen) atoms. The number of carbonyl (C=O) groups is 1. The molecule has 0 atom stereocenters. The zero-order valence-corrected chi connectivity index (χ0v) is 11.9. The number of benzene rings is 1. The Morgan fingerprint density at radius 3 is 2.39 bits per heavy atom. The molecule has 3 N–H and O–H groups in total. The molecular formula is C15H14F3N3O2. The lowest BCUT2D eigenvalue weighted by Gasteiger charge is -2.11. The van der Waals surface area contributed by atoms with Gasteiger partial charge < -0.3 is 15.7 Å². The van der Waals surface area contributed by atoms with Crippen molar-refractivity contribution in [3.8, 4) is 0 Å². The molecule has 2 aromatic rings. The predicted molar refractivity (Wildman–Crippen MR) is 77.5 cm³/mol. The largest absolute Gasteiger partial charge is 0.433 e. The van der Waals surface area contributed by atoms with Crippen molar-refractivity contribution in [2.75, 3.05) is 5.32 Å². The number of rotatable bonds is 4. The lowest BCUT2D eigenvalue weighted by molar-refractivity contribution is -0.141. The Morgan fingerprint density at radius 1 is 1.13 bits per heavy atom. The number of amides is 2. The van der Waals surface area contributed by atoms with E-state index in [-0.39, 0.29) is 18.8 Å². The molecule has 122 valence electrons. The van der Waals surface area contributed by atoms with Crippen LogP contribution in [0.1, 0.15) is 16.8 Å². The molecule has 0 aliphatic heterocycles. The Morgan fingerprint density at radius 2 is 1.83 bits per heavy atom. The highest BCUT2D eigenvalue weighted by Crippen LogP contribution is 2.27. The third-order valence-corrected chi connectivity index (χ3v) is 3.04. The number of halogens is 3. The number of aliphatic hydroxyl groups excluding tert-OH is 1. The highest BCUT2D eigenvalue weighted by Gasteiger charge is 2.32. The van der Waals surface area contributed by atoms with Crippen LogP contribution < -0.4 is 10.6 Å². The topological polar surface area (TPSA) is 74.2 Å². The fraction of sp³-hybridized carbons (Fsp3) is 0.200. The normalized spacial score (nSPS) is 11.1. The monoisotopic (exact) mass is 325 g/mol. The third-order valence-electron chi connectivity index (χ3n) is 3.04. The molecule has 0 unspecified atom stereocenters. The number of hydrogen-bond acceptors (Lipinski definition) is 3. The Balaban J connectivity index is 1.92. The van der Waals surface area contributed by atoms with E-state index in [1.807, 2.05) is 0 Å². The smallest absolute Gasteiger partial charge is 0.392 e. The highest BCUT2D eigenvalue weighted by atomic mass is 19.4. The van der Waals surface area contributed by atoms with Crippen LogP contribution in [0.4, 0.5) is 23.7 Å². The molecule has 0 aliphatic carbocycles. The number of nitrogens with zero attached hydrogens (tertiary/aromatic N) is 1. The van der Waals surface area contributed by atoms with E-state index in [2.05, 4.69) is 15.6 Å². The maximum atomic E-state index is 12.4. The van der Waals surface area contributed by atoms with Crippen LogP contribution in [0.25, 0.3) is 0 Å². The van der Waals surface area contributed by atoms with Gasteiger partial charge in [0.15, 0.2) is 0 Å². The first kappa shape index (κ1) is 16.8. The van der Waals surface area contributed by atoms with Crippen LogP contribution in [0.15, 0.2) is 42.6 Å². The molecule has 0 saturated carbocycles. The summed E-state index contributed by atoms with van der Waals surface area (Å²) in [5, 5.41) is 14.1. The van der Waals surface area contributed by atoms with Crippen molar-refractivity contribution in [1.29, 1.82) is 0 Å². The van der Waals surface area contributed by atoms with E-state index in [4.69, 9.17) is 0 Å². The standard InChI is InChI=1S/C15H14F3N3O2/c16-15(17,18)13-6-5-12(8-19-13)21-14(23)20-7-10-3-1-2-4-11(10)9-22/h1-6,8,22H,7,9H2,(H2,20,21,23). The molecule has 0 fully saturated rings. The predicted octanol–water partition coefficient (Wildman–Crippen LogP) is 2.91. The lowest BCUT2D eigenvalue weighted by Crippen LogP contribution is -2.28. The van der Waals surface area contributed by atoms with Crippen molar-refractivity contribution in [2.24, 2.45) is 0 Å². The average molecular weight is 325 g/mol. The molecule has 8 heteroatoms. The second kappa shape index (κ2) is 7.10. The maximum Gasteiger partial charge on any atom is 0.433 e. The molecule has 2 amide bonds. The zero-order chi connectivity index (χ0) is 16.9. The summed E-state index contributed by atoms with van der Waals surface area (Å²) in [4.78, 5) is 15.0. The van der Waals surface area contributed by atoms with Gasteiger partial charge in [0.1, 0.15) is 5.69 Å². The van der Waals surface area contributed by atoms with Crippen LogP contribution >= 0.6 is 0 Å². The quantitative estimate of drug-likeness (QED) is 0.809. The number of carbonyl (C=O) groups excluding carboxylic acids is 1. The first-order valence-electron chi connectivity index (χ1n) is 6.66. The number of aliphatic hydroxyl groups is 1. The second-order valence-corrected chi connectivity index (χ2v) is 4.66. The molecule has 0 radical (unpaired) electrons. The SMILES string of the molecule is O=C(NCc1ccccc1CO)Nc1ccc(C(F)(F)F)nc1. The van der Waals surface area contributed by atoms with Gasteiger partial charge in [0.05, 0.1) is 18.5 Å². The van der Waals surface area contributed by atoms with Crippen molar-refractivity contribution < 1.29 is 23.1 Å². The summed E-state index contributed by atoms with van der Waals surface area (Å²) in [6.45, 7) is 0.0267. The van der Waals surface area contributed by atoms with Gasteiger partial charge in [-0.15, -0.1) is 0 Å². The zero-order valence-electron chi connectivity index (χ0n) is 11.9. The molecule has 0 saturated heterocycles. The van der Waals surface area contributed by atoms with Crippen LogP contribution in [-0.4, -0.2) is 16.1 Å². The fourth-order valence-corrected chi connectivity index (χ4v) is 1.87. The molecule has 1 aromatic heterocycles. The van der Waals surface area contributed by atoms with E-state index >= 15 is 0 Å². The van der Waals surface area contributed by atoms with Gasteiger partial charge in [-0.3, -0.25) is 0 Å². The lowest BCUT2D eigenvalue weighted by atomic mass is 10.1. The van der Waals surface area contributed by atoms with Gasteiger partial charge in [-0.25, -0.2) is 9.78 Å². The summed E-state index contributed by atoms with van der Waals surface area (Å²) in [5.74, 6) is 0. The van der Waals surface area contributed by atoms with E-state index in [1.165, 1.54) is 0 Å². The van der Waals surface area contributed by atoms with Crippen LogP contribution in [0.3, 0.4) is 0 Å². The van der Waals surface area contributed by atoms with E-state index in [0.29, 0.717) is 5.56 Å². The van der Waals surface area contributed by atoms with Crippen LogP contribution in [0.5, 0.6) is 0 Å². The summed E-state index contributed by atoms with van der Waals surface area (Å²) in [5.41, 5.74) is 0.547. The van der Waals surface area contributed by atoms with E-state index < -0.39 is 17.9 Å². The number of pyridine rings is 1. The first-order chi connectivity index (χ1) is 10.9. The number of anilines is 1. The first-order valence-corrected chi connectivity index (χ1v) is 6.66. The summed E-state index contributed by atoms with van der Waals surface area (Å²) < 4.78 is 37.1. The number of aromatic nitrogens is 1. The third kappa shape index (κ3) is 4.68. The van der Waals surface area contributed by atoms with Gasteiger partial charge in [0.25, 0.3) is 0 Å². The Bertz CT molecular complexity index is 672. The number of nitrogens with one attached hydrogen (secondary N) is 2. The number of alkyl halides is 3. The van der Waals surface area contributed by atoms with Gasteiger partial charge in [0, 0.05) is 6.54 Å². The average Bonchev–Trinajstić information content (AvgIpc) is 2.53. The number of hydrogen-bond donors (Lipinski definition) is 3. The number of urea groups is 1. The minimum atomic E-state index is -4.52. The Hall–Kier alpha value is -2.61. The molecule has 0 spiro atoms. The van der Waals surface area contributed by atoms with Crippen molar-refractivity contribution in [1.82, 2.24) is 10.3 Å². The molecule has 0 bridgehead atoms. The summed E-state index contributed by atoms with van der Waals surface area (Å²) in [7, 11) is 0. The highest BCUT2D eigenvalue weighted by molar-refractivity contribution is 5.88. The van der Waals surface area contributed by atoms with E-state index in [1.54, 1.807) is 24.3 Å². The molecule has 1 aromatic carbocycles. The van der Waals surface area contributed by atoms with Crippen molar-refractivity contribution in [2.45, 2.75) is 19.3 Å². The minimum absolute atomic E-state index is 0.144. The van der Waals surface area contributed by atoms with Crippen LogP contribution in [0.2, 0.25) is 0 Å². The Kier molecular flexibility index (Phi) is 5.17. The summed E-state index contributed by atoms with van der Waals surface area (Å²) in [6, 6.07) is 8.35. The molecule has 2 rings (SSSR count). The van der Waals surface area contributed by atoms with E-state index in [0.717, 1.165) is 23.9 Å². The van der Waals surface area contributed by atoms with Gasteiger partial charge in [-0.2, -0.15) is 13.2 Å². The fourth-order valence-electron chi connectivity index (χ4n) is 1.87. The van der Waals surface area contributed by atoms with Gasteiger partial charge in [-0.05, 0) is 23.3 Å². The maximum absolute atomic E-state index is 12.4. The van der Waals surface area contributed by atoms with Gasteiger partial charge in [-0.1, -0.05) is 24.3 Å². The molecule has 5 nitrogen and oxygen atoms in total. The summed E-state index contributed by atoms with van der Waals surface area (Å²) >= 11 is 0. The molecule has 1 heterocycles. The second-order valence-electron chi connectivity index (χ2n) is 4.66. The molecular weight excluding hydrogens is 311 g/mol. The summed E-state index contributed by atoms with van der Waals surface area (Å²) in [6.07, 6.45) is -3.58. The van der Waals surface area contributed by atoms with Crippen molar-refractivity contribution in [3.63, 3.8) is 0 Å². The minimum Gasteiger partial charge on any atom is -0.392 e. The van der Waals surface area contributed by atoms with E-state index in [9.17, 15) is 23.1 Å². The van der Waals surface area contributed by atoms with Crippen molar-refractivity contribution in [3.05, 3.63) is 59.4 Å². The van der Waals surface area contributed by atoms with Gasteiger partial charge >= 0.3 is 12.2 Å². The molecule has 0 aliphatic rings. The van der Waals surface area contributed by atoms with Gasteiger partial charge in [0.2, 0.25) is 0 Å². The van der Waals surface area contributed by atoms with Crippen LogP contribution in [-0.2, 0) is 19.3 Å². The van der Waals surface area contributed by atoms with Crippen molar-refractivity contribution >= 4 is 11.7 Å². The Labute approximate surface area is 130 Å².